The van der Waals surface area contributed by atoms with E-state index in [0.717, 1.165) is 32.1 Å². The quantitative estimate of drug-likeness (QED) is 0.399. The molecule has 1 unspecified atom stereocenters. The maximum absolute atomic E-state index is 13.1. The van der Waals surface area contributed by atoms with Crippen LogP contribution in [0, 0.1) is 5.92 Å². The van der Waals surface area contributed by atoms with Crippen LogP contribution in [-0.2, 0) is 9.59 Å². The van der Waals surface area contributed by atoms with Crippen LogP contribution in [0.15, 0.2) is 52.7 Å². The predicted octanol–water partition coefficient (Wildman–Crippen LogP) is 5.07. The van der Waals surface area contributed by atoms with Crippen molar-refractivity contribution in [3.8, 4) is 5.75 Å². The molecule has 2 heterocycles. The zero-order valence-corrected chi connectivity index (χ0v) is 18.0. The van der Waals surface area contributed by atoms with Gasteiger partial charge in [-0.05, 0) is 43.0 Å². The van der Waals surface area contributed by atoms with Crippen molar-refractivity contribution in [3.63, 3.8) is 0 Å². The highest BCUT2D eigenvalue weighted by atomic mass is 16.5. The number of carbonyl (C=O) groups excluding carboxylic acids is 2. The third-order valence-electron chi connectivity index (χ3n) is 5.95. The van der Waals surface area contributed by atoms with Crippen molar-refractivity contribution in [2.75, 3.05) is 6.61 Å². The lowest BCUT2D eigenvalue weighted by Gasteiger charge is -2.34. The molecule has 164 valence electrons. The number of Topliss-reactive ketones (excluding diaryl/α,β-unsaturated/α-hetero) is 1. The van der Waals surface area contributed by atoms with Gasteiger partial charge in [-0.3, -0.25) is 9.59 Å². The van der Waals surface area contributed by atoms with E-state index in [1.165, 1.54) is 6.26 Å². The van der Waals surface area contributed by atoms with E-state index in [9.17, 15) is 14.7 Å². The van der Waals surface area contributed by atoms with Gasteiger partial charge in [0.15, 0.2) is 0 Å². The lowest BCUT2D eigenvalue weighted by Crippen LogP contribution is -2.40. The van der Waals surface area contributed by atoms with Crippen LogP contribution >= 0.6 is 0 Å². The first-order valence-electron chi connectivity index (χ1n) is 11.0. The summed E-state index contributed by atoms with van der Waals surface area (Å²) in [5, 5.41) is 11.2. The molecule has 2 aromatic rings. The normalized spacial score (nSPS) is 21.8. The van der Waals surface area contributed by atoms with Crippen molar-refractivity contribution < 1.29 is 23.8 Å². The third-order valence-corrected chi connectivity index (χ3v) is 5.95. The number of rotatable bonds is 6. The molecule has 31 heavy (non-hydrogen) atoms. The number of ketones is 1. The van der Waals surface area contributed by atoms with E-state index in [2.05, 4.69) is 13.8 Å². The van der Waals surface area contributed by atoms with Gasteiger partial charge in [-0.15, -0.1) is 0 Å². The second-order valence-corrected chi connectivity index (χ2v) is 8.75. The Balaban J connectivity index is 1.76. The summed E-state index contributed by atoms with van der Waals surface area (Å²) in [6.07, 6.45) is 6.40. The van der Waals surface area contributed by atoms with Gasteiger partial charge in [0.1, 0.15) is 23.3 Å². The Morgan fingerprint density at radius 3 is 2.61 bits per heavy atom. The monoisotopic (exact) mass is 423 g/mol. The molecule has 1 saturated heterocycles. The molecule has 1 aliphatic carbocycles. The molecule has 1 atom stereocenters. The second-order valence-electron chi connectivity index (χ2n) is 8.75. The fourth-order valence-electron chi connectivity index (χ4n) is 4.46. The maximum atomic E-state index is 13.1. The van der Waals surface area contributed by atoms with Gasteiger partial charge in [0, 0.05) is 11.6 Å². The summed E-state index contributed by atoms with van der Waals surface area (Å²) < 4.78 is 11.4. The maximum Gasteiger partial charge on any atom is 0.296 e. The van der Waals surface area contributed by atoms with E-state index in [1.807, 2.05) is 6.07 Å². The molecular weight excluding hydrogens is 394 g/mol. The summed E-state index contributed by atoms with van der Waals surface area (Å²) in [5.41, 5.74) is 0.519. The van der Waals surface area contributed by atoms with Gasteiger partial charge in [0.25, 0.3) is 11.7 Å². The molecule has 1 aliphatic heterocycles. The van der Waals surface area contributed by atoms with Crippen molar-refractivity contribution in [2.24, 2.45) is 5.92 Å². The number of hydrogen-bond acceptors (Lipinski definition) is 5. The fourth-order valence-corrected chi connectivity index (χ4v) is 4.46. The topological polar surface area (TPSA) is 80.0 Å². The molecule has 1 aromatic carbocycles. The number of aliphatic hydroxyl groups is 1. The molecule has 6 nitrogen and oxygen atoms in total. The van der Waals surface area contributed by atoms with E-state index in [-0.39, 0.29) is 17.4 Å². The van der Waals surface area contributed by atoms with Gasteiger partial charge < -0.3 is 19.2 Å². The van der Waals surface area contributed by atoms with E-state index >= 15 is 0 Å². The lowest BCUT2D eigenvalue weighted by molar-refractivity contribution is -0.142. The van der Waals surface area contributed by atoms with Crippen molar-refractivity contribution in [3.05, 3.63) is 59.6 Å². The standard InChI is InChI=1S/C25H29NO5/c1-16(2)15-31-19-11-6-8-17(14-19)23(27)21-22(20-12-7-13-30-20)26(25(29)24(21)28)18-9-4-3-5-10-18/h6-8,11-14,16,18,22,27H,3-5,9-10,15H2,1-2H3/b23-21-. The molecule has 6 heteroatoms. The molecule has 1 amide bonds. The highest BCUT2D eigenvalue weighted by Gasteiger charge is 2.50. The van der Waals surface area contributed by atoms with Crippen LogP contribution in [0.4, 0.5) is 0 Å². The summed E-state index contributed by atoms with van der Waals surface area (Å²) in [5.74, 6) is 0.0115. The number of likely N-dealkylation sites (tertiary alicyclic amines) is 1. The number of ether oxygens (including phenoxy) is 1. The van der Waals surface area contributed by atoms with Crippen molar-refractivity contribution >= 4 is 17.4 Å². The molecule has 1 aromatic heterocycles. The lowest BCUT2D eigenvalue weighted by atomic mass is 9.92. The highest BCUT2D eigenvalue weighted by Crippen LogP contribution is 2.43. The number of furan rings is 1. The first-order chi connectivity index (χ1) is 15.0. The Bertz CT molecular complexity index is 970. The van der Waals surface area contributed by atoms with Crippen molar-refractivity contribution in [1.29, 1.82) is 0 Å². The van der Waals surface area contributed by atoms with Gasteiger partial charge in [0.2, 0.25) is 0 Å². The smallest absolute Gasteiger partial charge is 0.296 e. The predicted molar refractivity (Wildman–Crippen MR) is 116 cm³/mol. The van der Waals surface area contributed by atoms with Gasteiger partial charge in [-0.2, -0.15) is 0 Å². The van der Waals surface area contributed by atoms with Gasteiger partial charge in [-0.25, -0.2) is 0 Å². The van der Waals surface area contributed by atoms with Crippen LogP contribution in [0.2, 0.25) is 0 Å². The Morgan fingerprint density at radius 1 is 1.16 bits per heavy atom. The average Bonchev–Trinajstić information content (AvgIpc) is 3.40. The van der Waals surface area contributed by atoms with Crippen LogP contribution < -0.4 is 4.74 Å². The minimum Gasteiger partial charge on any atom is -0.507 e. The molecule has 2 fully saturated rings. The van der Waals surface area contributed by atoms with Crippen LogP contribution in [0.1, 0.15) is 63.3 Å². The molecule has 0 bridgehead atoms. The summed E-state index contributed by atoms with van der Waals surface area (Å²) in [4.78, 5) is 27.8. The molecule has 0 radical (unpaired) electrons. The molecule has 0 spiro atoms. The first-order valence-corrected chi connectivity index (χ1v) is 11.0. The summed E-state index contributed by atoms with van der Waals surface area (Å²) >= 11 is 0. The molecule has 4 rings (SSSR count). The number of aliphatic hydroxyl groups excluding tert-OH is 1. The van der Waals surface area contributed by atoms with E-state index < -0.39 is 17.7 Å². The summed E-state index contributed by atoms with van der Waals surface area (Å²) in [7, 11) is 0. The molecule has 1 N–H and O–H groups in total. The molecular formula is C25H29NO5. The third kappa shape index (κ3) is 4.24. The fraction of sp³-hybridized carbons (Fsp3) is 0.440. The zero-order valence-electron chi connectivity index (χ0n) is 18.0. The second kappa shape index (κ2) is 9.00. The SMILES string of the molecule is CC(C)COc1cccc(/C(O)=C2/C(=O)C(=O)N(C3CCCCC3)C2c2ccco2)c1. The number of benzene rings is 1. The molecule has 2 aliphatic rings. The van der Waals surface area contributed by atoms with Gasteiger partial charge in [0.05, 0.1) is 18.4 Å². The van der Waals surface area contributed by atoms with Gasteiger partial charge >= 0.3 is 0 Å². The van der Waals surface area contributed by atoms with Crippen LogP contribution in [-0.4, -0.2) is 34.3 Å². The molecule has 1 saturated carbocycles. The van der Waals surface area contributed by atoms with E-state index in [1.54, 1.807) is 35.2 Å². The van der Waals surface area contributed by atoms with Crippen LogP contribution in [0.3, 0.4) is 0 Å². The number of carbonyl (C=O) groups is 2. The van der Waals surface area contributed by atoms with Crippen LogP contribution in [0.5, 0.6) is 5.75 Å². The van der Waals surface area contributed by atoms with E-state index in [4.69, 9.17) is 9.15 Å². The van der Waals surface area contributed by atoms with Gasteiger partial charge in [-0.1, -0.05) is 45.2 Å². The summed E-state index contributed by atoms with van der Waals surface area (Å²) in [6, 6.07) is 9.71. The number of nitrogens with zero attached hydrogens (tertiary/aromatic N) is 1. The first kappa shape index (κ1) is 21.2. The Morgan fingerprint density at radius 2 is 1.94 bits per heavy atom. The minimum atomic E-state index is -0.724. The Hall–Kier alpha value is -3.02. The summed E-state index contributed by atoms with van der Waals surface area (Å²) in [6.45, 7) is 4.66. The Labute approximate surface area is 182 Å². The van der Waals surface area contributed by atoms with E-state index in [0.29, 0.717) is 29.6 Å². The van der Waals surface area contributed by atoms with Crippen LogP contribution in [0.25, 0.3) is 5.76 Å². The Kier molecular flexibility index (Phi) is 6.16. The average molecular weight is 424 g/mol. The van der Waals surface area contributed by atoms with Crippen molar-refractivity contribution in [1.82, 2.24) is 4.90 Å². The number of amides is 1. The zero-order chi connectivity index (χ0) is 22.0. The van der Waals surface area contributed by atoms with Crippen molar-refractivity contribution in [2.45, 2.75) is 58.0 Å². The highest BCUT2D eigenvalue weighted by molar-refractivity contribution is 6.46. The largest absolute Gasteiger partial charge is 0.507 e. The minimum absolute atomic E-state index is 0.0358. The number of hydrogen-bond donors (Lipinski definition) is 1.